The van der Waals surface area contributed by atoms with Gasteiger partial charge in [-0.25, -0.2) is 0 Å². The van der Waals surface area contributed by atoms with Crippen LogP contribution in [-0.2, 0) is 23.8 Å². The minimum Gasteiger partial charge on any atom is -0.507 e. The van der Waals surface area contributed by atoms with Gasteiger partial charge in [0.25, 0.3) is 11.7 Å². The Labute approximate surface area is 349 Å². The smallest absolute Gasteiger partial charge is 0.312 e. The number of benzene rings is 2. The summed E-state index contributed by atoms with van der Waals surface area (Å²) in [6.45, 7) is 14.1. The summed E-state index contributed by atoms with van der Waals surface area (Å²) in [4.78, 5) is 42.4. The fourth-order valence-corrected chi connectivity index (χ4v) is 8.10. The molecular weight excluding hydrogens is 776 g/mol. The van der Waals surface area contributed by atoms with Crippen molar-refractivity contribution in [3.63, 3.8) is 0 Å². The molecule has 6 rings (SSSR count). The first-order chi connectivity index (χ1) is 28.3. The second-order valence-electron chi connectivity index (χ2n) is 16.2. The quantitative estimate of drug-likeness (QED) is 0.0539. The number of aliphatic hydroxyl groups is 2. The third-order valence-corrected chi connectivity index (χ3v) is 11.9. The lowest BCUT2D eigenvalue weighted by Gasteiger charge is -2.38. The standard InChI is InChI=1S/C44H58N4O12/c1-22-14-13-15-23(2)43(56)47-34-29(20-45-46-21-48-17-11-10-12-18-48)38(53)31-32(39(34)54)37(52)27(6)41-33(31)42(55)44(8,60-41)58-19-16-30(57-9)24(3)40(59-28(7)49)26(5)36(51)25(4)35(22)50/h13-16,19-22,24-26,30,35-36,40,50-54H,10-12,17-18H2,1-9H3,(H,47,56)/b14-13+,19-16+,23-15-,45-20+,46-21+/t22-,24+,25+,26-,30-,35-,36-,40+,44?/m0/s1. The van der Waals surface area contributed by atoms with Gasteiger partial charge < -0.3 is 54.7 Å². The number of aliphatic hydroxyl groups excluding tert-OH is 2. The maximum Gasteiger partial charge on any atom is 0.312 e. The second kappa shape index (κ2) is 18.9. The number of esters is 1. The van der Waals surface area contributed by atoms with Crippen LogP contribution in [0.1, 0.15) is 89.2 Å². The van der Waals surface area contributed by atoms with Gasteiger partial charge in [-0.1, -0.05) is 45.9 Å². The molecule has 60 heavy (non-hydrogen) atoms. The third-order valence-electron chi connectivity index (χ3n) is 11.9. The highest BCUT2D eigenvalue weighted by molar-refractivity contribution is 6.23. The van der Waals surface area contributed by atoms with Crippen LogP contribution in [0.15, 0.2) is 46.3 Å². The number of carbonyl (C=O) groups excluding carboxylic acids is 3. The van der Waals surface area contributed by atoms with Crippen molar-refractivity contribution < 1.29 is 58.9 Å². The maximum absolute atomic E-state index is 14.4. The van der Waals surface area contributed by atoms with Crippen molar-refractivity contribution in [2.45, 2.75) is 105 Å². The van der Waals surface area contributed by atoms with Crippen LogP contribution in [0.4, 0.5) is 5.69 Å². The number of carbonyl (C=O) groups is 3. The minimum absolute atomic E-state index is 0.0408. The summed E-state index contributed by atoms with van der Waals surface area (Å²) in [5, 5.41) is 68.6. The molecule has 0 aliphatic carbocycles. The lowest BCUT2D eigenvalue weighted by molar-refractivity contribution is -0.160. The molecular formula is C44H58N4O12. The molecule has 5 bridgehead atoms. The number of ether oxygens (including phenoxy) is 4. The number of rotatable bonds is 5. The molecule has 16 heteroatoms. The van der Waals surface area contributed by atoms with Crippen molar-refractivity contribution in [3.8, 4) is 23.0 Å². The number of phenolic OH excluding ortho intramolecular Hbond substituents is 3. The van der Waals surface area contributed by atoms with Crippen molar-refractivity contribution >= 4 is 46.7 Å². The first-order valence-electron chi connectivity index (χ1n) is 20.2. The summed E-state index contributed by atoms with van der Waals surface area (Å²) in [5.41, 5.74) is -0.544. The number of aromatic hydroxyl groups is 3. The number of phenols is 3. The number of allylic oxidation sites excluding steroid dienone is 2. The predicted octanol–water partition coefficient (Wildman–Crippen LogP) is 5.60. The molecule has 9 atom stereocenters. The minimum atomic E-state index is -2.06. The van der Waals surface area contributed by atoms with Gasteiger partial charge >= 0.3 is 11.8 Å². The number of methoxy groups -OCH3 is 1. The number of hydrogen-bond donors (Lipinski definition) is 6. The first-order valence-corrected chi connectivity index (χ1v) is 20.2. The van der Waals surface area contributed by atoms with Crippen LogP contribution >= 0.6 is 0 Å². The van der Waals surface area contributed by atoms with Crippen LogP contribution in [0.2, 0.25) is 0 Å². The average molecular weight is 835 g/mol. The average Bonchev–Trinajstić information content (AvgIpc) is 3.48. The molecule has 0 spiro atoms. The van der Waals surface area contributed by atoms with Crippen LogP contribution in [0.3, 0.4) is 0 Å². The van der Waals surface area contributed by atoms with Gasteiger partial charge in [-0.3, -0.25) is 14.4 Å². The van der Waals surface area contributed by atoms with Gasteiger partial charge in [0.05, 0.1) is 53.0 Å². The number of Topliss-reactive ketones (excluding diaryl/α,β-unsaturated/α-hetero) is 1. The van der Waals surface area contributed by atoms with E-state index in [-0.39, 0.29) is 44.5 Å². The van der Waals surface area contributed by atoms with Crippen LogP contribution in [0, 0.1) is 30.6 Å². The van der Waals surface area contributed by atoms with Crippen LogP contribution in [0.25, 0.3) is 10.8 Å². The number of amides is 1. The second-order valence-corrected chi connectivity index (χ2v) is 16.2. The van der Waals surface area contributed by atoms with E-state index in [0.29, 0.717) is 0 Å². The normalized spacial score (nSPS) is 31.5. The molecule has 2 aromatic rings. The molecule has 4 aliphatic heterocycles. The molecule has 0 radical (unpaired) electrons. The van der Waals surface area contributed by atoms with Crippen molar-refractivity contribution in [1.29, 1.82) is 0 Å². The fraction of sp³-hybridized carbons (Fsp3) is 0.523. The van der Waals surface area contributed by atoms with Gasteiger partial charge in [-0.2, -0.15) is 5.10 Å². The Hall–Kier alpha value is -5.45. The third kappa shape index (κ3) is 9.15. The topological polar surface area (TPSA) is 229 Å². The Kier molecular flexibility index (Phi) is 14.3. The van der Waals surface area contributed by atoms with E-state index in [9.17, 15) is 39.9 Å². The Bertz CT molecular complexity index is 2120. The molecule has 1 amide bonds. The van der Waals surface area contributed by atoms with E-state index >= 15 is 0 Å². The van der Waals surface area contributed by atoms with E-state index in [1.165, 1.54) is 53.2 Å². The highest BCUT2D eigenvalue weighted by atomic mass is 16.7. The fourth-order valence-electron chi connectivity index (χ4n) is 8.10. The van der Waals surface area contributed by atoms with E-state index in [0.717, 1.165) is 38.6 Å². The Morgan fingerprint density at radius 1 is 0.933 bits per heavy atom. The van der Waals surface area contributed by atoms with Crippen LogP contribution in [-0.4, -0.2) is 111 Å². The highest BCUT2D eigenvalue weighted by Gasteiger charge is 2.50. The zero-order valence-corrected chi connectivity index (χ0v) is 35.6. The number of anilines is 1. The number of nitrogens with zero attached hydrogens (tertiary/aromatic N) is 3. The largest absolute Gasteiger partial charge is 0.507 e. The summed E-state index contributed by atoms with van der Waals surface area (Å²) in [6.07, 6.45) is 9.29. The number of fused-ring (bicyclic) bond motifs is 14. The van der Waals surface area contributed by atoms with Crippen LogP contribution in [0.5, 0.6) is 23.0 Å². The maximum atomic E-state index is 14.4. The van der Waals surface area contributed by atoms with E-state index in [4.69, 9.17) is 18.9 Å². The molecule has 1 saturated heterocycles. The van der Waals surface area contributed by atoms with Gasteiger partial charge in [0.1, 0.15) is 29.7 Å². The van der Waals surface area contributed by atoms with Gasteiger partial charge in [-0.15, -0.1) is 5.10 Å². The SMILES string of the molecule is CO[C@H]1/C=C/OC2(C)Oc3c(C)c(O)c4c(O)c(c(/C=N/N=C/N5CCCCC5)c(O)c4c3C2=O)NC(=O)/C(C)=C\C=C\[C@H](C)[C@H](O)[C@@H](C)[C@H](O)[C@H](C)[C@H](OC(C)=O)[C@@H]1C. The molecule has 4 heterocycles. The number of ketones is 1. The molecule has 4 aliphatic rings. The van der Waals surface area contributed by atoms with E-state index < -0.39 is 88.8 Å². The van der Waals surface area contributed by atoms with Gasteiger partial charge in [-0.05, 0) is 39.2 Å². The van der Waals surface area contributed by atoms with Crippen molar-refractivity contribution in [2.75, 3.05) is 25.5 Å². The number of piperidine rings is 1. The zero-order chi connectivity index (χ0) is 44.2. The first kappa shape index (κ1) is 45.6. The summed E-state index contributed by atoms with van der Waals surface area (Å²) in [5.74, 6) is -8.56. The molecule has 326 valence electrons. The van der Waals surface area contributed by atoms with Crippen molar-refractivity contribution in [2.24, 2.45) is 33.9 Å². The Morgan fingerprint density at radius 3 is 2.27 bits per heavy atom. The van der Waals surface area contributed by atoms with Crippen molar-refractivity contribution in [1.82, 2.24) is 4.90 Å². The summed E-state index contributed by atoms with van der Waals surface area (Å²) in [6, 6.07) is 0. The Morgan fingerprint density at radius 2 is 1.62 bits per heavy atom. The van der Waals surface area contributed by atoms with Crippen molar-refractivity contribution in [3.05, 3.63) is 52.8 Å². The zero-order valence-electron chi connectivity index (χ0n) is 35.6. The molecule has 0 aromatic heterocycles. The van der Waals surface area contributed by atoms with E-state index in [1.54, 1.807) is 46.2 Å². The molecule has 2 aromatic carbocycles. The molecule has 6 N–H and O–H groups in total. The van der Waals surface area contributed by atoms with E-state index in [1.807, 2.05) is 4.90 Å². The molecule has 16 nitrogen and oxygen atoms in total. The number of nitrogens with one attached hydrogen (secondary N) is 1. The number of hydrogen-bond acceptors (Lipinski definition) is 14. The van der Waals surface area contributed by atoms with Gasteiger partial charge in [0.15, 0.2) is 5.75 Å². The Balaban J connectivity index is 1.69. The summed E-state index contributed by atoms with van der Waals surface area (Å²) < 4.78 is 23.6. The van der Waals surface area contributed by atoms with E-state index in [2.05, 4.69) is 15.5 Å². The molecule has 1 fully saturated rings. The monoisotopic (exact) mass is 834 g/mol. The molecule has 1 unspecified atom stereocenters. The number of likely N-dealkylation sites (tertiary alicyclic amines) is 1. The lowest BCUT2D eigenvalue weighted by atomic mass is 9.78. The van der Waals surface area contributed by atoms with Crippen LogP contribution < -0.4 is 10.1 Å². The highest BCUT2D eigenvalue weighted by Crippen LogP contribution is 2.55. The lowest BCUT2D eigenvalue weighted by Crippen LogP contribution is -2.46. The van der Waals surface area contributed by atoms with Gasteiger partial charge in [0, 0.05) is 74.2 Å². The summed E-state index contributed by atoms with van der Waals surface area (Å²) >= 11 is 0. The predicted molar refractivity (Wildman–Crippen MR) is 225 cm³/mol. The molecule has 0 saturated carbocycles. The summed E-state index contributed by atoms with van der Waals surface area (Å²) in [7, 11) is 1.43. The van der Waals surface area contributed by atoms with Gasteiger partial charge in [0.2, 0.25) is 0 Å².